The number of nitrogens with zero attached hydrogens (tertiary/aromatic N) is 1. The molecule has 0 saturated carbocycles. The minimum Gasteiger partial charge on any atom is -0.465 e. The van der Waals surface area contributed by atoms with Crippen LogP contribution in [-0.4, -0.2) is 18.0 Å². The van der Waals surface area contributed by atoms with Gasteiger partial charge in [-0.3, -0.25) is 10.1 Å². The highest BCUT2D eigenvalue weighted by molar-refractivity contribution is 7.11. The molecule has 110 valence electrons. The number of aryl methyl sites for hydroxylation is 1. The van der Waals surface area contributed by atoms with Crippen LogP contribution in [0.3, 0.4) is 0 Å². The first-order valence-electron chi connectivity index (χ1n) is 6.17. The van der Waals surface area contributed by atoms with E-state index in [4.69, 9.17) is 0 Å². The third-order valence-corrected chi connectivity index (χ3v) is 3.86. The number of carbonyl (C=O) groups excluding carboxylic acids is 1. The van der Waals surface area contributed by atoms with Crippen molar-refractivity contribution in [3.63, 3.8) is 0 Å². The number of benzene rings is 1. The minimum atomic E-state index is -0.528. The summed E-state index contributed by atoms with van der Waals surface area (Å²) in [6.07, 6.45) is 0. The minimum absolute atomic E-state index is 0.0732. The summed E-state index contributed by atoms with van der Waals surface area (Å²) in [5.41, 5.74) is 0.498. The summed E-state index contributed by atoms with van der Waals surface area (Å²) in [6.45, 7) is 2.46. The average Bonchev–Trinajstić information content (AvgIpc) is 2.89. The smallest absolute Gasteiger partial charge is 0.337 e. The fourth-order valence-corrected chi connectivity index (χ4v) is 2.67. The van der Waals surface area contributed by atoms with Crippen molar-refractivity contribution in [2.45, 2.75) is 13.5 Å². The van der Waals surface area contributed by atoms with E-state index in [1.807, 2.05) is 19.1 Å². The van der Waals surface area contributed by atoms with Gasteiger partial charge < -0.3 is 10.1 Å². The highest BCUT2D eigenvalue weighted by Gasteiger charge is 2.17. The molecule has 0 bridgehead atoms. The number of carbonyl (C=O) groups is 1. The number of hydrogen-bond donors (Lipinski definition) is 1. The van der Waals surface area contributed by atoms with Gasteiger partial charge in [-0.15, -0.1) is 11.3 Å². The summed E-state index contributed by atoms with van der Waals surface area (Å²) in [6, 6.07) is 8.06. The summed E-state index contributed by atoms with van der Waals surface area (Å²) >= 11 is 1.61. The number of nitro benzene ring substituents is 1. The van der Waals surface area contributed by atoms with E-state index >= 15 is 0 Å². The van der Waals surface area contributed by atoms with Crippen molar-refractivity contribution in [3.05, 3.63) is 55.8 Å². The van der Waals surface area contributed by atoms with Crippen LogP contribution >= 0.6 is 11.3 Å². The van der Waals surface area contributed by atoms with Gasteiger partial charge in [-0.2, -0.15) is 0 Å². The Morgan fingerprint density at radius 1 is 1.38 bits per heavy atom. The Morgan fingerprint density at radius 2 is 2.14 bits per heavy atom. The van der Waals surface area contributed by atoms with Gasteiger partial charge in [0.1, 0.15) is 5.69 Å². The van der Waals surface area contributed by atoms with Gasteiger partial charge in [-0.1, -0.05) is 0 Å². The Bertz CT molecular complexity index is 681. The standard InChI is InChI=1S/C14H14N2O4S/c1-9-3-5-11(21-9)8-15-12-7-10(14(17)20-2)4-6-13(12)16(18)19/h3-7,15H,8H2,1-2H3. The lowest BCUT2D eigenvalue weighted by molar-refractivity contribution is -0.384. The van der Waals surface area contributed by atoms with Crippen LogP contribution in [0.25, 0.3) is 0 Å². The normalized spacial score (nSPS) is 10.2. The molecule has 7 heteroatoms. The van der Waals surface area contributed by atoms with Gasteiger partial charge in [0, 0.05) is 22.4 Å². The number of methoxy groups -OCH3 is 1. The van der Waals surface area contributed by atoms with Gasteiger partial charge in [0.25, 0.3) is 5.69 Å². The second kappa shape index (κ2) is 6.36. The number of nitro groups is 1. The molecule has 2 rings (SSSR count). The molecule has 0 saturated heterocycles. The first-order valence-corrected chi connectivity index (χ1v) is 6.99. The molecule has 0 atom stereocenters. The maximum Gasteiger partial charge on any atom is 0.337 e. The lowest BCUT2D eigenvalue weighted by Gasteiger charge is -2.07. The monoisotopic (exact) mass is 306 g/mol. The molecular formula is C14H14N2O4S. The van der Waals surface area contributed by atoms with Crippen LogP contribution < -0.4 is 5.32 Å². The number of thiophene rings is 1. The van der Waals surface area contributed by atoms with E-state index in [1.165, 1.54) is 30.2 Å². The third-order valence-electron chi connectivity index (χ3n) is 2.86. The molecule has 1 aromatic carbocycles. The fourth-order valence-electron chi connectivity index (χ4n) is 1.84. The van der Waals surface area contributed by atoms with E-state index in [2.05, 4.69) is 10.1 Å². The average molecular weight is 306 g/mol. The number of hydrogen-bond acceptors (Lipinski definition) is 6. The zero-order valence-corrected chi connectivity index (χ0v) is 12.4. The summed E-state index contributed by atoms with van der Waals surface area (Å²) in [4.78, 5) is 24.3. The van der Waals surface area contributed by atoms with Gasteiger partial charge in [0.05, 0.1) is 17.6 Å². The van der Waals surface area contributed by atoms with Gasteiger partial charge in [-0.25, -0.2) is 4.79 Å². The van der Waals surface area contributed by atoms with Crippen LogP contribution in [0.2, 0.25) is 0 Å². The molecule has 1 heterocycles. The Morgan fingerprint density at radius 3 is 2.71 bits per heavy atom. The predicted octanol–water partition coefficient (Wildman–Crippen LogP) is 3.36. The van der Waals surface area contributed by atoms with Crippen LogP contribution in [0.1, 0.15) is 20.1 Å². The van der Waals surface area contributed by atoms with E-state index in [-0.39, 0.29) is 11.3 Å². The molecular weight excluding hydrogens is 292 g/mol. The van der Waals surface area contributed by atoms with Crippen molar-refractivity contribution in [1.82, 2.24) is 0 Å². The largest absolute Gasteiger partial charge is 0.465 e. The first kappa shape index (κ1) is 15.0. The second-order valence-electron chi connectivity index (χ2n) is 4.35. The van der Waals surface area contributed by atoms with Crippen molar-refractivity contribution < 1.29 is 14.5 Å². The van der Waals surface area contributed by atoms with Crippen molar-refractivity contribution in [3.8, 4) is 0 Å². The molecule has 0 aliphatic heterocycles. The Balaban J connectivity index is 2.25. The van der Waals surface area contributed by atoms with Gasteiger partial charge in [0.15, 0.2) is 0 Å². The predicted molar refractivity (Wildman–Crippen MR) is 80.8 cm³/mol. The Kier molecular flexibility index (Phi) is 4.54. The highest BCUT2D eigenvalue weighted by Crippen LogP contribution is 2.27. The van der Waals surface area contributed by atoms with Crippen LogP contribution in [-0.2, 0) is 11.3 Å². The van der Waals surface area contributed by atoms with Crippen molar-refractivity contribution >= 4 is 28.7 Å². The fraction of sp³-hybridized carbons (Fsp3) is 0.214. The quantitative estimate of drug-likeness (QED) is 0.520. The zero-order chi connectivity index (χ0) is 15.4. The number of anilines is 1. The lowest BCUT2D eigenvalue weighted by atomic mass is 10.1. The van der Waals surface area contributed by atoms with Crippen molar-refractivity contribution in [2.24, 2.45) is 0 Å². The van der Waals surface area contributed by atoms with E-state index in [9.17, 15) is 14.9 Å². The topological polar surface area (TPSA) is 81.5 Å². The van der Waals surface area contributed by atoms with Crippen LogP contribution in [0, 0.1) is 17.0 Å². The molecule has 0 aliphatic carbocycles. The molecule has 0 spiro atoms. The summed E-state index contributed by atoms with van der Waals surface area (Å²) in [5, 5.41) is 14.0. The lowest BCUT2D eigenvalue weighted by Crippen LogP contribution is -2.06. The Labute approximate surface area is 125 Å². The van der Waals surface area contributed by atoms with E-state index in [1.54, 1.807) is 11.3 Å². The summed E-state index contributed by atoms with van der Waals surface area (Å²) in [7, 11) is 1.27. The molecule has 21 heavy (non-hydrogen) atoms. The highest BCUT2D eigenvalue weighted by atomic mass is 32.1. The molecule has 0 amide bonds. The van der Waals surface area contributed by atoms with Crippen molar-refractivity contribution in [1.29, 1.82) is 0 Å². The molecule has 0 fully saturated rings. The van der Waals surface area contributed by atoms with Crippen molar-refractivity contribution in [2.75, 3.05) is 12.4 Å². The second-order valence-corrected chi connectivity index (χ2v) is 5.72. The van der Waals surface area contributed by atoms with Crippen LogP contribution in [0.15, 0.2) is 30.3 Å². The number of nitrogens with one attached hydrogen (secondary N) is 1. The van der Waals surface area contributed by atoms with E-state index in [0.717, 1.165) is 4.88 Å². The third kappa shape index (κ3) is 3.57. The molecule has 6 nitrogen and oxygen atoms in total. The summed E-state index contributed by atoms with van der Waals surface area (Å²) in [5.74, 6) is -0.528. The SMILES string of the molecule is COC(=O)c1ccc([N+](=O)[O-])c(NCc2ccc(C)s2)c1. The Hall–Kier alpha value is -2.41. The number of rotatable bonds is 5. The maximum absolute atomic E-state index is 11.5. The number of esters is 1. The van der Waals surface area contributed by atoms with Crippen LogP contribution in [0.5, 0.6) is 0 Å². The zero-order valence-electron chi connectivity index (χ0n) is 11.6. The van der Waals surface area contributed by atoms with E-state index in [0.29, 0.717) is 12.2 Å². The maximum atomic E-state index is 11.5. The summed E-state index contributed by atoms with van der Waals surface area (Å²) < 4.78 is 4.62. The van der Waals surface area contributed by atoms with Crippen LogP contribution in [0.4, 0.5) is 11.4 Å². The molecule has 2 aromatic rings. The first-order chi connectivity index (χ1) is 10.0. The molecule has 0 aliphatic rings. The van der Waals surface area contributed by atoms with Gasteiger partial charge in [0.2, 0.25) is 0 Å². The van der Waals surface area contributed by atoms with E-state index < -0.39 is 10.9 Å². The molecule has 1 aromatic heterocycles. The van der Waals surface area contributed by atoms with Gasteiger partial charge in [-0.05, 0) is 31.2 Å². The molecule has 1 N–H and O–H groups in total. The van der Waals surface area contributed by atoms with Gasteiger partial charge >= 0.3 is 5.97 Å². The number of ether oxygens (including phenoxy) is 1. The molecule has 0 unspecified atom stereocenters. The molecule has 0 radical (unpaired) electrons.